The molecule has 0 unspecified atom stereocenters. The maximum absolute atomic E-state index is 5.65. The van der Waals surface area contributed by atoms with Crippen LogP contribution in [0.25, 0.3) is 0 Å². The van der Waals surface area contributed by atoms with Crippen molar-refractivity contribution in [2.75, 3.05) is 17.6 Å². The van der Waals surface area contributed by atoms with Crippen LogP contribution < -0.4 is 11.1 Å². The van der Waals surface area contributed by atoms with Gasteiger partial charge < -0.3 is 11.1 Å². The fraction of sp³-hybridized carbons (Fsp3) is 0.538. The molecule has 0 saturated heterocycles. The number of aryl methyl sites for hydroxylation is 1. The zero-order chi connectivity index (χ0) is 12.7. The number of nitrogens with one attached hydrogen (secondary N) is 1. The summed E-state index contributed by atoms with van der Waals surface area (Å²) >= 11 is 0. The number of rotatable bonds is 4. The minimum absolute atomic E-state index is 0.295. The molecule has 0 aromatic carbocycles. The third-order valence-corrected chi connectivity index (χ3v) is 2.32. The van der Waals surface area contributed by atoms with Crippen LogP contribution in [-0.4, -0.2) is 16.5 Å². The summed E-state index contributed by atoms with van der Waals surface area (Å²) in [7, 11) is 0. The highest BCUT2D eigenvalue weighted by atomic mass is 15.1. The molecule has 1 heterocycles. The molecule has 0 radical (unpaired) electrons. The second kappa shape index (κ2) is 6.74. The first-order valence-corrected chi connectivity index (χ1v) is 6.05. The molecular weight excluding hydrogens is 212 g/mol. The number of hydrogen-bond donors (Lipinski definition) is 2. The van der Waals surface area contributed by atoms with Gasteiger partial charge in [0.25, 0.3) is 0 Å². The second-order valence-corrected chi connectivity index (χ2v) is 3.83. The van der Waals surface area contributed by atoms with Crippen molar-refractivity contribution in [2.45, 2.75) is 40.0 Å². The average Bonchev–Trinajstić information content (AvgIpc) is 2.28. The van der Waals surface area contributed by atoms with E-state index in [4.69, 9.17) is 5.73 Å². The third kappa shape index (κ3) is 3.95. The number of nitrogen functional groups attached to an aromatic ring is 1. The van der Waals surface area contributed by atoms with Crippen LogP contribution in [0.15, 0.2) is 0 Å². The van der Waals surface area contributed by atoms with E-state index in [1.54, 1.807) is 0 Å². The summed E-state index contributed by atoms with van der Waals surface area (Å²) in [4.78, 5) is 8.35. The molecule has 0 aliphatic carbocycles. The Bertz CT molecular complexity index is 429. The summed E-state index contributed by atoms with van der Waals surface area (Å²) in [5, 5.41) is 3.27. The Hall–Kier alpha value is -1.76. The predicted molar refractivity (Wildman–Crippen MR) is 71.7 cm³/mol. The first kappa shape index (κ1) is 13.3. The second-order valence-electron chi connectivity index (χ2n) is 3.83. The van der Waals surface area contributed by atoms with E-state index in [0.29, 0.717) is 5.95 Å². The predicted octanol–water partition coefficient (Wildman–Crippen LogP) is 2.34. The monoisotopic (exact) mass is 232 g/mol. The minimum atomic E-state index is 0.295. The summed E-state index contributed by atoms with van der Waals surface area (Å²) in [5.41, 5.74) is 7.34. The first-order chi connectivity index (χ1) is 8.19. The van der Waals surface area contributed by atoms with Crippen molar-refractivity contribution in [3.63, 3.8) is 0 Å². The van der Waals surface area contributed by atoms with E-state index in [-0.39, 0.29) is 0 Å². The molecule has 0 bridgehead atoms. The summed E-state index contributed by atoms with van der Waals surface area (Å²) in [5.74, 6) is 7.19. The number of nitrogens with two attached hydrogens (primary N) is 1. The van der Waals surface area contributed by atoms with Gasteiger partial charge in [0.15, 0.2) is 0 Å². The van der Waals surface area contributed by atoms with E-state index in [9.17, 15) is 0 Å². The van der Waals surface area contributed by atoms with Crippen molar-refractivity contribution < 1.29 is 0 Å². The fourth-order valence-corrected chi connectivity index (χ4v) is 1.43. The van der Waals surface area contributed by atoms with E-state index < -0.39 is 0 Å². The summed E-state index contributed by atoms with van der Waals surface area (Å²) in [6, 6.07) is 0. The van der Waals surface area contributed by atoms with Gasteiger partial charge in [-0.3, -0.25) is 0 Å². The lowest BCUT2D eigenvalue weighted by Crippen LogP contribution is -2.09. The van der Waals surface area contributed by atoms with Crippen LogP contribution in [-0.2, 0) is 0 Å². The molecule has 92 valence electrons. The molecule has 1 aromatic rings. The molecule has 1 rings (SSSR count). The number of anilines is 2. The molecule has 0 atom stereocenters. The quantitative estimate of drug-likeness (QED) is 0.618. The van der Waals surface area contributed by atoms with Gasteiger partial charge in [-0.05, 0) is 13.3 Å². The van der Waals surface area contributed by atoms with Gasteiger partial charge in [0.1, 0.15) is 5.82 Å². The Morgan fingerprint density at radius 2 is 2.06 bits per heavy atom. The zero-order valence-corrected chi connectivity index (χ0v) is 10.8. The summed E-state index contributed by atoms with van der Waals surface area (Å²) < 4.78 is 0. The van der Waals surface area contributed by atoms with Crippen LogP contribution in [0.4, 0.5) is 11.8 Å². The average molecular weight is 232 g/mol. The molecule has 0 aliphatic heterocycles. The highest BCUT2D eigenvalue weighted by Gasteiger charge is 2.07. The van der Waals surface area contributed by atoms with Gasteiger partial charge in [0, 0.05) is 13.0 Å². The van der Waals surface area contributed by atoms with Crippen molar-refractivity contribution in [3.05, 3.63) is 11.3 Å². The molecule has 4 nitrogen and oxygen atoms in total. The Morgan fingerprint density at radius 3 is 2.71 bits per heavy atom. The van der Waals surface area contributed by atoms with Crippen molar-refractivity contribution in [3.8, 4) is 11.8 Å². The van der Waals surface area contributed by atoms with Crippen LogP contribution in [0.3, 0.4) is 0 Å². The summed E-state index contributed by atoms with van der Waals surface area (Å²) in [6.07, 6.45) is 3.06. The van der Waals surface area contributed by atoms with Crippen molar-refractivity contribution in [1.82, 2.24) is 9.97 Å². The van der Waals surface area contributed by atoms with Crippen LogP contribution >= 0.6 is 0 Å². The standard InChI is InChI=1S/C13H20N4/c1-4-6-8-11-10(3)16-13(14)17-12(11)15-9-7-5-2/h4-5,7,9H2,1-3H3,(H3,14,15,16,17). The molecular formula is C13H20N4. The van der Waals surface area contributed by atoms with Crippen molar-refractivity contribution in [1.29, 1.82) is 0 Å². The topological polar surface area (TPSA) is 63.8 Å². The molecule has 1 aromatic heterocycles. The van der Waals surface area contributed by atoms with E-state index >= 15 is 0 Å². The van der Waals surface area contributed by atoms with Crippen LogP contribution in [0.2, 0.25) is 0 Å². The lowest BCUT2D eigenvalue weighted by Gasteiger charge is -2.09. The van der Waals surface area contributed by atoms with Gasteiger partial charge in [0.05, 0.1) is 11.3 Å². The lowest BCUT2D eigenvalue weighted by atomic mass is 10.2. The molecule has 0 spiro atoms. The van der Waals surface area contributed by atoms with Crippen molar-refractivity contribution in [2.24, 2.45) is 0 Å². The van der Waals surface area contributed by atoms with E-state index in [2.05, 4.69) is 34.0 Å². The summed E-state index contributed by atoms with van der Waals surface area (Å²) in [6.45, 7) is 6.96. The molecule has 0 saturated carbocycles. The first-order valence-electron chi connectivity index (χ1n) is 6.05. The van der Waals surface area contributed by atoms with Gasteiger partial charge in [-0.1, -0.05) is 32.1 Å². The van der Waals surface area contributed by atoms with Gasteiger partial charge >= 0.3 is 0 Å². The normalized spacial score (nSPS) is 9.59. The molecule has 17 heavy (non-hydrogen) atoms. The molecule has 0 aliphatic rings. The highest BCUT2D eigenvalue weighted by Crippen LogP contribution is 2.16. The largest absolute Gasteiger partial charge is 0.369 e. The van der Waals surface area contributed by atoms with Gasteiger partial charge in [-0.25, -0.2) is 4.98 Å². The molecule has 3 N–H and O–H groups in total. The fourth-order valence-electron chi connectivity index (χ4n) is 1.43. The zero-order valence-electron chi connectivity index (χ0n) is 10.8. The number of nitrogens with zero attached hydrogens (tertiary/aromatic N) is 2. The van der Waals surface area contributed by atoms with Crippen LogP contribution in [0.1, 0.15) is 44.4 Å². The van der Waals surface area contributed by atoms with E-state index in [1.165, 1.54) is 0 Å². The Morgan fingerprint density at radius 1 is 1.29 bits per heavy atom. The van der Waals surface area contributed by atoms with Gasteiger partial charge in [0.2, 0.25) is 5.95 Å². The number of aromatic nitrogens is 2. The molecule has 4 heteroatoms. The number of unbranched alkanes of at least 4 members (excludes halogenated alkanes) is 1. The number of hydrogen-bond acceptors (Lipinski definition) is 4. The van der Waals surface area contributed by atoms with E-state index in [0.717, 1.165) is 42.9 Å². The SMILES string of the molecule is CCC#Cc1c(C)nc(N)nc1NCCCC. The highest BCUT2D eigenvalue weighted by molar-refractivity contribution is 5.57. The van der Waals surface area contributed by atoms with Gasteiger partial charge in [-0.2, -0.15) is 4.98 Å². The molecule has 0 fully saturated rings. The maximum Gasteiger partial charge on any atom is 0.222 e. The third-order valence-electron chi connectivity index (χ3n) is 2.32. The Kier molecular flexibility index (Phi) is 5.28. The van der Waals surface area contributed by atoms with Crippen LogP contribution in [0.5, 0.6) is 0 Å². The van der Waals surface area contributed by atoms with Gasteiger partial charge in [-0.15, -0.1) is 0 Å². The smallest absolute Gasteiger partial charge is 0.222 e. The Balaban J connectivity index is 2.98. The molecule has 0 amide bonds. The Labute approximate surface area is 103 Å². The van der Waals surface area contributed by atoms with Crippen LogP contribution in [0, 0.1) is 18.8 Å². The minimum Gasteiger partial charge on any atom is -0.369 e. The lowest BCUT2D eigenvalue weighted by molar-refractivity contribution is 0.830. The van der Waals surface area contributed by atoms with E-state index in [1.807, 2.05) is 13.8 Å². The maximum atomic E-state index is 5.65. The van der Waals surface area contributed by atoms with Crippen molar-refractivity contribution >= 4 is 11.8 Å².